The van der Waals surface area contributed by atoms with Crippen molar-refractivity contribution in [3.05, 3.63) is 11.9 Å². The first kappa shape index (κ1) is 13.1. The topological polar surface area (TPSA) is 50.3 Å². The fourth-order valence-corrected chi connectivity index (χ4v) is 2.28. The van der Waals surface area contributed by atoms with Crippen LogP contribution in [0.1, 0.15) is 25.6 Å². The predicted molar refractivity (Wildman–Crippen MR) is 72.2 cm³/mol. The highest BCUT2D eigenvalue weighted by Crippen LogP contribution is 2.18. The average Bonchev–Trinajstić information content (AvgIpc) is 2.81. The third-order valence-electron chi connectivity index (χ3n) is 3.14. The molecule has 0 amide bonds. The van der Waals surface area contributed by atoms with Crippen LogP contribution in [0.15, 0.2) is 6.07 Å². The minimum Gasteiger partial charge on any atom is -0.478 e. The molecule has 18 heavy (non-hydrogen) atoms. The van der Waals surface area contributed by atoms with Crippen LogP contribution in [-0.4, -0.2) is 42.8 Å². The Kier molecular flexibility index (Phi) is 4.36. The van der Waals surface area contributed by atoms with E-state index in [4.69, 9.17) is 4.74 Å². The largest absolute Gasteiger partial charge is 0.478 e. The first-order valence-corrected chi connectivity index (χ1v) is 6.62. The van der Waals surface area contributed by atoms with Gasteiger partial charge in [-0.1, -0.05) is 0 Å². The normalized spacial score (nSPS) is 18.9. The summed E-state index contributed by atoms with van der Waals surface area (Å²) < 4.78 is 5.45. The number of nitrogens with zero attached hydrogens (tertiary/aromatic N) is 3. The lowest BCUT2D eigenvalue weighted by Crippen LogP contribution is -2.35. The van der Waals surface area contributed by atoms with E-state index in [2.05, 4.69) is 27.2 Å². The Bertz CT molecular complexity index is 391. The fourth-order valence-electron chi connectivity index (χ4n) is 2.28. The van der Waals surface area contributed by atoms with Crippen LogP contribution in [0, 0.1) is 6.92 Å². The highest BCUT2D eigenvalue weighted by molar-refractivity contribution is 5.41. The van der Waals surface area contributed by atoms with Gasteiger partial charge in [-0.2, -0.15) is 4.98 Å². The summed E-state index contributed by atoms with van der Waals surface area (Å²) in [6.45, 7) is 6.59. The van der Waals surface area contributed by atoms with E-state index in [1.54, 1.807) is 0 Å². The minimum absolute atomic E-state index is 0.570. The van der Waals surface area contributed by atoms with Gasteiger partial charge in [0.1, 0.15) is 11.6 Å². The molecule has 2 rings (SSSR count). The summed E-state index contributed by atoms with van der Waals surface area (Å²) in [5, 5.41) is 3.50. The lowest BCUT2D eigenvalue weighted by Gasteiger charge is -2.22. The van der Waals surface area contributed by atoms with Crippen LogP contribution < -0.4 is 15.0 Å². The quantitative estimate of drug-likeness (QED) is 0.855. The van der Waals surface area contributed by atoms with Crippen molar-refractivity contribution in [1.29, 1.82) is 0 Å². The van der Waals surface area contributed by atoms with Crippen LogP contribution >= 0.6 is 0 Å². The Morgan fingerprint density at radius 2 is 2.33 bits per heavy atom. The molecule has 1 fully saturated rings. The number of rotatable bonds is 5. The van der Waals surface area contributed by atoms with E-state index in [1.807, 2.05) is 19.9 Å². The summed E-state index contributed by atoms with van der Waals surface area (Å²) in [6.07, 6.45) is 2.51. The van der Waals surface area contributed by atoms with E-state index in [9.17, 15) is 0 Å². The van der Waals surface area contributed by atoms with Crippen molar-refractivity contribution in [3.63, 3.8) is 0 Å². The van der Waals surface area contributed by atoms with Crippen LogP contribution in [-0.2, 0) is 0 Å². The molecule has 0 aliphatic carbocycles. The first-order valence-electron chi connectivity index (χ1n) is 6.62. The maximum atomic E-state index is 5.45. The SMILES string of the molecule is CCOc1cc(N(C)CC2CCCN2)nc(C)n1. The van der Waals surface area contributed by atoms with Crippen molar-refractivity contribution >= 4 is 5.82 Å². The second-order valence-corrected chi connectivity index (χ2v) is 4.72. The van der Waals surface area contributed by atoms with Crippen LogP contribution in [0.3, 0.4) is 0 Å². The lowest BCUT2D eigenvalue weighted by atomic mass is 10.2. The number of nitrogens with one attached hydrogen (secondary N) is 1. The van der Waals surface area contributed by atoms with Gasteiger partial charge in [-0.25, -0.2) is 4.98 Å². The number of likely N-dealkylation sites (N-methyl/N-ethyl adjacent to an activating group) is 1. The van der Waals surface area contributed by atoms with Crippen molar-refractivity contribution in [2.45, 2.75) is 32.7 Å². The molecule has 0 radical (unpaired) electrons. The molecule has 1 aliphatic heterocycles. The van der Waals surface area contributed by atoms with E-state index in [-0.39, 0.29) is 0 Å². The summed E-state index contributed by atoms with van der Waals surface area (Å²) in [7, 11) is 2.07. The van der Waals surface area contributed by atoms with Gasteiger partial charge < -0.3 is 15.0 Å². The van der Waals surface area contributed by atoms with Crippen LogP contribution in [0.2, 0.25) is 0 Å². The van der Waals surface area contributed by atoms with E-state index in [1.165, 1.54) is 12.8 Å². The number of anilines is 1. The van der Waals surface area contributed by atoms with Crippen LogP contribution in [0.5, 0.6) is 5.88 Å². The van der Waals surface area contributed by atoms with Gasteiger partial charge in [-0.05, 0) is 33.2 Å². The molecule has 100 valence electrons. The molecule has 1 unspecified atom stereocenters. The number of aryl methyl sites for hydroxylation is 1. The molecule has 1 atom stereocenters. The van der Waals surface area contributed by atoms with Crippen molar-refractivity contribution in [2.75, 3.05) is 31.6 Å². The minimum atomic E-state index is 0.570. The molecule has 5 heteroatoms. The zero-order chi connectivity index (χ0) is 13.0. The summed E-state index contributed by atoms with van der Waals surface area (Å²) >= 11 is 0. The lowest BCUT2D eigenvalue weighted by molar-refractivity contribution is 0.325. The van der Waals surface area contributed by atoms with Gasteiger partial charge in [0.15, 0.2) is 0 Å². The van der Waals surface area contributed by atoms with Gasteiger partial charge in [0, 0.05) is 25.7 Å². The van der Waals surface area contributed by atoms with Crippen molar-refractivity contribution in [2.24, 2.45) is 0 Å². The average molecular weight is 250 g/mol. The third kappa shape index (κ3) is 3.32. The Morgan fingerprint density at radius 1 is 1.50 bits per heavy atom. The van der Waals surface area contributed by atoms with Crippen molar-refractivity contribution < 1.29 is 4.74 Å². The van der Waals surface area contributed by atoms with Gasteiger partial charge in [-0.3, -0.25) is 0 Å². The van der Waals surface area contributed by atoms with Gasteiger partial charge in [-0.15, -0.1) is 0 Å². The highest BCUT2D eigenvalue weighted by Gasteiger charge is 2.17. The molecule has 1 saturated heterocycles. The third-order valence-corrected chi connectivity index (χ3v) is 3.14. The molecular formula is C13H22N4O. The van der Waals surface area contributed by atoms with E-state index in [0.29, 0.717) is 18.5 Å². The number of ether oxygens (including phenoxy) is 1. The second-order valence-electron chi connectivity index (χ2n) is 4.72. The second kappa shape index (κ2) is 6.00. The molecule has 1 aliphatic rings. The Morgan fingerprint density at radius 3 is 3.00 bits per heavy atom. The molecule has 0 saturated carbocycles. The Labute approximate surface area is 109 Å². The van der Waals surface area contributed by atoms with Crippen molar-refractivity contribution in [1.82, 2.24) is 15.3 Å². The summed E-state index contributed by atoms with van der Waals surface area (Å²) in [5.74, 6) is 2.34. The molecule has 0 aromatic carbocycles. The summed E-state index contributed by atoms with van der Waals surface area (Å²) in [6, 6.07) is 2.48. The van der Waals surface area contributed by atoms with Crippen molar-refractivity contribution in [3.8, 4) is 5.88 Å². The van der Waals surface area contributed by atoms with Crippen LogP contribution in [0.4, 0.5) is 5.82 Å². The summed E-state index contributed by atoms with van der Waals surface area (Å²) in [5.41, 5.74) is 0. The number of hydrogen-bond donors (Lipinski definition) is 1. The molecule has 5 nitrogen and oxygen atoms in total. The molecule has 0 bridgehead atoms. The molecular weight excluding hydrogens is 228 g/mol. The predicted octanol–water partition coefficient (Wildman–Crippen LogP) is 1.37. The van der Waals surface area contributed by atoms with Gasteiger partial charge in [0.05, 0.1) is 6.61 Å². The van der Waals surface area contributed by atoms with E-state index in [0.717, 1.165) is 24.7 Å². The summed E-state index contributed by atoms with van der Waals surface area (Å²) in [4.78, 5) is 10.9. The zero-order valence-electron chi connectivity index (χ0n) is 11.4. The Hall–Kier alpha value is -1.36. The number of hydrogen-bond acceptors (Lipinski definition) is 5. The monoisotopic (exact) mass is 250 g/mol. The Balaban J connectivity index is 2.05. The zero-order valence-corrected chi connectivity index (χ0v) is 11.4. The van der Waals surface area contributed by atoms with Gasteiger partial charge in [0.25, 0.3) is 0 Å². The molecule has 2 heterocycles. The fraction of sp³-hybridized carbons (Fsp3) is 0.692. The highest BCUT2D eigenvalue weighted by atomic mass is 16.5. The van der Waals surface area contributed by atoms with Gasteiger partial charge >= 0.3 is 0 Å². The number of aromatic nitrogens is 2. The first-order chi connectivity index (χ1) is 8.69. The molecule has 1 aromatic heterocycles. The standard InChI is InChI=1S/C13H22N4O/c1-4-18-13-8-12(15-10(2)16-13)17(3)9-11-6-5-7-14-11/h8,11,14H,4-7,9H2,1-3H3. The molecule has 1 N–H and O–H groups in total. The smallest absolute Gasteiger partial charge is 0.218 e. The van der Waals surface area contributed by atoms with Gasteiger partial charge in [0.2, 0.25) is 5.88 Å². The van der Waals surface area contributed by atoms with E-state index >= 15 is 0 Å². The van der Waals surface area contributed by atoms with E-state index < -0.39 is 0 Å². The molecule has 0 spiro atoms. The maximum absolute atomic E-state index is 5.45. The van der Waals surface area contributed by atoms with Crippen LogP contribution in [0.25, 0.3) is 0 Å². The molecule has 1 aromatic rings. The maximum Gasteiger partial charge on any atom is 0.218 e.